The van der Waals surface area contributed by atoms with Crippen LogP contribution in [0.4, 0.5) is 0 Å². The molecule has 13 heavy (non-hydrogen) atoms. The van der Waals surface area contributed by atoms with Gasteiger partial charge in [0, 0.05) is 0 Å². The van der Waals surface area contributed by atoms with E-state index in [-0.39, 0.29) is 5.75 Å². The Bertz CT molecular complexity index is 355. The third kappa shape index (κ3) is 3.42. The van der Waals surface area contributed by atoms with Crippen LogP contribution in [0.25, 0.3) is 6.08 Å². The second kappa shape index (κ2) is 3.75. The maximum absolute atomic E-state index is 10.4. The predicted molar refractivity (Wildman–Crippen MR) is 49.2 cm³/mol. The van der Waals surface area contributed by atoms with Crippen LogP contribution in [-0.2, 0) is 4.57 Å². The van der Waals surface area contributed by atoms with Crippen LogP contribution in [0.2, 0.25) is 0 Å². The predicted octanol–water partition coefficient (Wildman–Crippen LogP) is 1.80. The zero-order valence-corrected chi connectivity index (χ0v) is 7.65. The van der Waals surface area contributed by atoms with Crippen molar-refractivity contribution in [3.8, 4) is 5.75 Å². The molecule has 0 saturated heterocycles. The molecule has 0 aliphatic carbocycles. The van der Waals surface area contributed by atoms with Crippen LogP contribution in [0.1, 0.15) is 5.56 Å². The SMILES string of the molecule is C=Cc1cccc(OP(=O)(O)O)c1. The summed E-state index contributed by atoms with van der Waals surface area (Å²) in [5, 5.41) is 0. The molecule has 0 heterocycles. The summed E-state index contributed by atoms with van der Waals surface area (Å²) in [6, 6.07) is 6.33. The van der Waals surface area contributed by atoms with Crippen molar-refractivity contribution in [2.24, 2.45) is 0 Å². The highest BCUT2D eigenvalue weighted by atomic mass is 31.2. The Labute approximate surface area is 75.7 Å². The fraction of sp³-hybridized carbons (Fsp3) is 0. The van der Waals surface area contributed by atoms with E-state index in [9.17, 15) is 4.57 Å². The molecule has 1 aromatic rings. The average molecular weight is 200 g/mol. The van der Waals surface area contributed by atoms with E-state index in [0.717, 1.165) is 5.56 Å². The molecule has 0 fully saturated rings. The van der Waals surface area contributed by atoms with Crippen LogP contribution in [0.3, 0.4) is 0 Å². The number of hydrogen-bond acceptors (Lipinski definition) is 2. The summed E-state index contributed by atoms with van der Waals surface area (Å²) in [6.45, 7) is 3.52. The lowest BCUT2D eigenvalue weighted by Gasteiger charge is -2.06. The van der Waals surface area contributed by atoms with E-state index in [2.05, 4.69) is 11.1 Å². The molecule has 0 radical (unpaired) electrons. The van der Waals surface area contributed by atoms with E-state index in [0.29, 0.717) is 0 Å². The summed E-state index contributed by atoms with van der Waals surface area (Å²) in [4.78, 5) is 17.0. The highest BCUT2D eigenvalue weighted by Crippen LogP contribution is 2.37. The Hall–Kier alpha value is -1.09. The molecule has 0 spiro atoms. The molecular weight excluding hydrogens is 191 g/mol. The highest BCUT2D eigenvalue weighted by Gasteiger charge is 2.15. The van der Waals surface area contributed by atoms with E-state index < -0.39 is 7.82 Å². The first-order valence-electron chi connectivity index (χ1n) is 3.49. The van der Waals surface area contributed by atoms with Crippen molar-refractivity contribution in [2.75, 3.05) is 0 Å². The number of benzene rings is 1. The van der Waals surface area contributed by atoms with Crippen molar-refractivity contribution in [2.45, 2.75) is 0 Å². The molecule has 0 bridgehead atoms. The molecule has 2 N–H and O–H groups in total. The summed E-state index contributed by atoms with van der Waals surface area (Å²) < 4.78 is 14.8. The standard InChI is InChI=1S/C8H9O4P/c1-2-7-4-3-5-8(6-7)12-13(9,10)11/h2-6H,1H2,(H2,9,10,11). The first-order valence-corrected chi connectivity index (χ1v) is 5.02. The molecule has 0 amide bonds. The quantitative estimate of drug-likeness (QED) is 0.730. The van der Waals surface area contributed by atoms with Crippen molar-refractivity contribution in [1.29, 1.82) is 0 Å². The van der Waals surface area contributed by atoms with Gasteiger partial charge in [-0.3, -0.25) is 9.79 Å². The minimum Gasteiger partial charge on any atom is -0.404 e. The minimum atomic E-state index is -4.45. The molecule has 0 aliphatic heterocycles. The van der Waals surface area contributed by atoms with Gasteiger partial charge in [-0.15, -0.1) is 0 Å². The Morgan fingerprint density at radius 1 is 1.46 bits per heavy atom. The van der Waals surface area contributed by atoms with Crippen LogP contribution in [0.15, 0.2) is 30.8 Å². The first kappa shape index (κ1) is 9.99. The van der Waals surface area contributed by atoms with Crippen LogP contribution < -0.4 is 4.52 Å². The lowest BCUT2D eigenvalue weighted by Crippen LogP contribution is -1.89. The molecule has 0 aromatic heterocycles. The second-order valence-electron chi connectivity index (χ2n) is 2.36. The average Bonchev–Trinajstić information content (AvgIpc) is 2.01. The molecule has 5 heteroatoms. The van der Waals surface area contributed by atoms with Crippen molar-refractivity contribution < 1.29 is 18.9 Å². The fourth-order valence-corrected chi connectivity index (χ4v) is 1.22. The van der Waals surface area contributed by atoms with Gasteiger partial charge in [0.05, 0.1) is 0 Å². The molecule has 4 nitrogen and oxygen atoms in total. The van der Waals surface area contributed by atoms with Gasteiger partial charge in [-0.1, -0.05) is 24.8 Å². The topological polar surface area (TPSA) is 66.8 Å². The first-order chi connectivity index (χ1) is 6.01. The van der Waals surface area contributed by atoms with Crippen LogP contribution >= 0.6 is 7.82 Å². The summed E-state index contributed by atoms with van der Waals surface area (Å²) in [5.74, 6) is 0.130. The van der Waals surface area contributed by atoms with Gasteiger partial charge >= 0.3 is 7.82 Å². The number of phosphoric ester groups is 1. The molecule has 1 aromatic carbocycles. The third-order valence-electron chi connectivity index (χ3n) is 1.32. The number of hydrogen-bond donors (Lipinski definition) is 2. The Morgan fingerprint density at radius 3 is 2.69 bits per heavy atom. The van der Waals surface area contributed by atoms with E-state index >= 15 is 0 Å². The van der Waals surface area contributed by atoms with Gasteiger partial charge in [0.25, 0.3) is 0 Å². The van der Waals surface area contributed by atoms with E-state index in [1.165, 1.54) is 12.1 Å². The smallest absolute Gasteiger partial charge is 0.404 e. The monoisotopic (exact) mass is 200 g/mol. The van der Waals surface area contributed by atoms with E-state index in [1.54, 1.807) is 18.2 Å². The molecule has 70 valence electrons. The van der Waals surface area contributed by atoms with Crippen molar-refractivity contribution in [1.82, 2.24) is 0 Å². The molecule has 1 rings (SSSR count). The normalized spacial score (nSPS) is 10.9. The highest BCUT2D eigenvalue weighted by molar-refractivity contribution is 7.46. The molecule has 0 atom stereocenters. The van der Waals surface area contributed by atoms with Crippen molar-refractivity contribution >= 4 is 13.9 Å². The van der Waals surface area contributed by atoms with Crippen LogP contribution in [-0.4, -0.2) is 9.79 Å². The zero-order valence-electron chi connectivity index (χ0n) is 6.75. The molecule has 0 saturated carbocycles. The summed E-state index contributed by atoms with van der Waals surface area (Å²) in [5.41, 5.74) is 0.742. The molecular formula is C8H9O4P. The Balaban J connectivity index is 2.90. The summed E-state index contributed by atoms with van der Waals surface area (Å²) >= 11 is 0. The van der Waals surface area contributed by atoms with Crippen molar-refractivity contribution in [3.63, 3.8) is 0 Å². The summed E-state index contributed by atoms with van der Waals surface area (Å²) in [6.07, 6.45) is 1.56. The lowest BCUT2D eigenvalue weighted by atomic mass is 10.2. The van der Waals surface area contributed by atoms with Crippen LogP contribution in [0, 0.1) is 0 Å². The Kier molecular flexibility index (Phi) is 2.88. The van der Waals surface area contributed by atoms with Gasteiger partial charge in [0.15, 0.2) is 0 Å². The molecule has 0 aliphatic rings. The van der Waals surface area contributed by atoms with E-state index in [1.807, 2.05) is 0 Å². The van der Waals surface area contributed by atoms with Crippen molar-refractivity contribution in [3.05, 3.63) is 36.4 Å². The van der Waals surface area contributed by atoms with Crippen LogP contribution in [0.5, 0.6) is 5.75 Å². The van der Waals surface area contributed by atoms with Gasteiger partial charge in [0.1, 0.15) is 5.75 Å². The second-order valence-corrected chi connectivity index (χ2v) is 3.52. The van der Waals surface area contributed by atoms with Gasteiger partial charge < -0.3 is 4.52 Å². The maximum atomic E-state index is 10.4. The minimum absolute atomic E-state index is 0.130. The van der Waals surface area contributed by atoms with Gasteiger partial charge in [-0.2, -0.15) is 0 Å². The fourth-order valence-electron chi connectivity index (χ4n) is 0.836. The Morgan fingerprint density at radius 2 is 2.15 bits per heavy atom. The van der Waals surface area contributed by atoms with Gasteiger partial charge in [-0.25, -0.2) is 4.57 Å². The van der Waals surface area contributed by atoms with Gasteiger partial charge in [0.2, 0.25) is 0 Å². The molecule has 0 unspecified atom stereocenters. The lowest BCUT2D eigenvalue weighted by molar-refractivity contribution is 0.283. The van der Waals surface area contributed by atoms with E-state index in [4.69, 9.17) is 9.79 Å². The number of phosphoric acid groups is 1. The largest absolute Gasteiger partial charge is 0.524 e. The summed E-state index contributed by atoms with van der Waals surface area (Å²) in [7, 11) is -4.45. The number of rotatable bonds is 3. The maximum Gasteiger partial charge on any atom is 0.524 e. The third-order valence-corrected chi connectivity index (χ3v) is 1.77. The van der Waals surface area contributed by atoms with Gasteiger partial charge in [-0.05, 0) is 17.7 Å². The zero-order chi connectivity index (χ0) is 9.90.